The number of benzene rings is 3. The van der Waals surface area contributed by atoms with E-state index in [0.29, 0.717) is 35.4 Å². The van der Waals surface area contributed by atoms with Gasteiger partial charge >= 0.3 is 0 Å². The number of aryl methyl sites for hydroxylation is 1. The van der Waals surface area contributed by atoms with Crippen LogP contribution in [-0.4, -0.2) is 119 Å². The molecular formula is C47H51N9O5. The highest BCUT2D eigenvalue weighted by Gasteiger charge is 2.45. The van der Waals surface area contributed by atoms with Crippen LogP contribution in [0.25, 0.3) is 0 Å². The lowest BCUT2D eigenvalue weighted by atomic mass is 9.77. The summed E-state index contributed by atoms with van der Waals surface area (Å²) in [6, 6.07) is 23.9. The Hall–Kier alpha value is -6.17. The van der Waals surface area contributed by atoms with E-state index >= 15 is 0 Å². The summed E-state index contributed by atoms with van der Waals surface area (Å²) in [7, 11) is 0. The molecule has 9 rings (SSSR count). The molecule has 4 fully saturated rings. The predicted octanol–water partition coefficient (Wildman–Crippen LogP) is 4.44. The van der Waals surface area contributed by atoms with Crippen molar-refractivity contribution in [3.8, 4) is 11.8 Å². The SMILES string of the molecule is Cc1cc(C#N)cc(C(C)(C)c2ccc(OCc3ccnc(N4CCC(N5CC(N6CCN(c7ccc8c(c7)C(=O)N(C7CCC(=O)NC7=O)C8=O)CC6)C5)CC4)n3)cc2)c1. The smallest absolute Gasteiger partial charge is 0.262 e. The van der Waals surface area contributed by atoms with Gasteiger partial charge in [0, 0.05) is 88.2 Å². The first-order valence-corrected chi connectivity index (χ1v) is 21.4. The Kier molecular flexibility index (Phi) is 10.8. The van der Waals surface area contributed by atoms with Crippen molar-refractivity contribution >= 4 is 35.3 Å². The minimum atomic E-state index is -0.966. The lowest BCUT2D eigenvalue weighted by Gasteiger charge is -2.52. The molecule has 0 radical (unpaired) electrons. The van der Waals surface area contributed by atoms with Crippen LogP contribution in [0.5, 0.6) is 5.75 Å². The molecule has 1 aromatic heterocycles. The maximum absolute atomic E-state index is 13.4. The van der Waals surface area contributed by atoms with Gasteiger partial charge in [0.25, 0.3) is 11.8 Å². The van der Waals surface area contributed by atoms with E-state index in [1.807, 2.05) is 49.5 Å². The second-order valence-corrected chi connectivity index (χ2v) is 17.5. The largest absolute Gasteiger partial charge is 0.487 e. The number of anilines is 2. The average molecular weight is 822 g/mol. The molecule has 1 N–H and O–H groups in total. The van der Waals surface area contributed by atoms with Crippen molar-refractivity contribution in [2.24, 2.45) is 0 Å². The number of nitrogens with zero attached hydrogens (tertiary/aromatic N) is 8. The summed E-state index contributed by atoms with van der Waals surface area (Å²) in [4.78, 5) is 70.8. The lowest BCUT2D eigenvalue weighted by molar-refractivity contribution is -0.136. The van der Waals surface area contributed by atoms with Gasteiger partial charge < -0.3 is 14.5 Å². The molecule has 5 aliphatic heterocycles. The van der Waals surface area contributed by atoms with E-state index in [0.717, 1.165) is 110 Å². The van der Waals surface area contributed by atoms with Crippen LogP contribution >= 0.6 is 0 Å². The fourth-order valence-electron chi connectivity index (χ4n) is 9.57. The van der Waals surface area contributed by atoms with Crippen molar-refractivity contribution in [3.05, 3.63) is 112 Å². The monoisotopic (exact) mass is 821 g/mol. The van der Waals surface area contributed by atoms with Gasteiger partial charge in [0.1, 0.15) is 18.4 Å². The number of hydrogen-bond donors (Lipinski definition) is 1. The second-order valence-electron chi connectivity index (χ2n) is 17.5. The molecule has 4 saturated heterocycles. The van der Waals surface area contributed by atoms with Crippen molar-refractivity contribution in [1.29, 1.82) is 5.26 Å². The first-order valence-electron chi connectivity index (χ1n) is 21.4. The Morgan fingerprint density at radius 2 is 1.52 bits per heavy atom. The summed E-state index contributed by atoms with van der Waals surface area (Å²) in [6.07, 6.45) is 4.19. The number of imide groups is 2. The fourth-order valence-corrected chi connectivity index (χ4v) is 9.57. The van der Waals surface area contributed by atoms with Crippen LogP contribution in [0.4, 0.5) is 11.6 Å². The van der Waals surface area contributed by atoms with Gasteiger partial charge in [-0.3, -0.25) is 39.2 Å². The summed E-state index contributed by atoms with van der Waals surface area (Å²) in [6.45, 7) is 14.1. The topological polar surface area (TPSA) is 155 Å². The molecule has 6 heterocycles. The molecule has 4 amide bonds. The molecule has 4 aromatic rings. The number of nitrogens with one attached hydrogen (secondary N) is 1. The lowest BCUT2D eigenvalue weighted by Crippen LogP contribution is -2.66. The Balaban J connectivity index is 0.717. The van der Waals surface area contributed by atoms with Crippen molar-refractivity contribution in [2.75, 3.05) is 62.2 Å². The summed E-state index contributed by atoms with van der Waals surface area (Å²) in [5.74, 6) is -0.422. The molecule has 0 bridgehead atoms. The van der Waals surface area contributed by atoms with E-state index in [-0.39, 0.29) is 24.2 Å². The normalized spacial score (nSPS) is 20.7. The third-order valence-corrected chi connectivity index (χ3v) is 13.4. The minimum Gasteiger partial charge on any atom is -0.487 e. The van der Waals surface area contributed by atoms with Gasteiger partial charge in [0.05, 0.1) is 28.5 Å². The average Bonchev–Trinajstić information content (AvgIpc) is 3.50. The van der Waals surface area contributed by atoms with E-state index in [2.05, 4.69) is 68.0 Å². The molecule has 0 spiro atoms. The van der Waals surface area contributed by atoms with Crippen LogP contribution in [0.15, 0.2) is 72.9 Å². The number of likely N-dealkylation sites (tertiary alicyclic amines) is 1. The molecule has 0 saturated carbocycles. The predicted molar refractivity (Wildman–Crippen MR) is 228 cm³/mol. The summed E-state index contributed by atoms with van der Waals surface area (Å²) < 4.78 is 6.16. The maximum Gasteiger partial charge on any atom is 0.262 e. The zero-order valence-electron chi connectivity index (χ0n) is 35.0. The number of nitriles is 1. The number of amides is 4. The van der Waals surface area contributed by atoms with Crippen molar-refractivity contribution < 1.29 is 23.9 Å². The molecule has 5 aliphatic rings. The highest BCUT2D eigenvalue weighted by atomic mass is 16.5. The Labute approximate surface area is 356 Å². The van der Waals surface area contributed by atoms with E-state index in [1.54, 1.807) is 12.1 Å². The highest BCUT2D eigenvalue weighted by molar-refractivity contribution is 6.23. The zero-order valence-corrected chi connectivity index (χ0v) is 35.0. The van der Waals surface area contributed by atoms with Crippen molar-refractivity contribution in [3.63, 3.8) is 0 Å². The number of carbonyl (C=O) groups is 4. The number of ether oxygens (including phenoxy) is 1. The van der Waals surface area contributed by atoms with Crippen LogP contribution < -0.4 is 19.9 Å². The number of piperidine rings is 2. The first-order chi connectivity index (χ1) is 29.4. The van der Waals surface area contributed by atoms with Gasteiger partial charge in [-0.05, 0) is 91.4 Å². The van der Waals surface area contributed by atoms with Crippen LogP contribution in [0.3, 0.4) is 0 Å². The third kappa shape index (κ3) is 7.95. The minimum absolute atomic E-state index is 0.0979. The van der Waals surface area contributed by atoms with Gasteiger partial charge in [0.15, 0.2) is 0 Å². The first kappa shape index (κ1) is 40.2. The summed E-state index contributed by atoms with van der Waals surface area (Å²) in [5, 5.41) is 11.7. The molecule has 14 nitrogen and oxygen atoms in total. The van der Waals surface area contributed by atoms with Crippen LogP contribution in [0, 0.1) is 18.3 Å². The van der Waals surface area contributed by atoms with Gasteiger partial charge in [-0.1, -0.05) is 32.0 Å². The number of carbonyl (C=O) groups excluding carboxylic acids is 4. The summed E-state index contributed by atoms with van der Waals surface area (Å²) in [5.41, 5.74) is 6.09. The maximum atomic E-state index is 13.4. The third-order valence-electron chi connectivity index (χ3n) is 13.4. The van der Waals surface area contributed by atoms with E-state index in [1.165, 1.54) is 0 Å². The van der Waals surface area contributed by atoms with Crippen molar-refractivity contribution in [2.45, 2.75) is 76.6 Å². The van der Waals surface area contributed by atoms with Crippen LogP contribution in [-0.2, 0) is 21.6 Å². The Bertz CT molecular complexity index is 2410. The highest BCUT2D eigenvalue weighted by Crippen LogP contribution is 2.35. The number of piperazine rings is 1. The van der Waals surface area contributed by atoms with E-state index < -0.39 is 23.8 Å². The molecule has 1 atom stereocenters. The fraction of sp³-hybridized carbons (Fsp3) is 0.426. The zero-order chi connectivity index (χ0) is 42.4. The molecule has 3 aromatic carbocycles. The molecular weight excluding hydrogens is 771 g/mol. The quantitative estimate of drug-likeness (QED) is 0.225. The van der Waals surface area contributed by atoms with Crippen LogP contribution in [0.2, 0.25) is 0 Å². The van der Waals surface area contributed by atoms with E-state index in [4.69, 9.17) is 9.72 Å². The van der Waals surface area contributed by atoms with Crippen LogP contribution in [0.1, 0.15) is 88.2 Å². The van der Waals surface area contributed by atoms with Gasteiger partial charge in [-0.15, -0.1) is 0 Å². The van der Waals surface area contributed by atoms with E-state index in [9.17, 15) is 24.4 Å². The molecule has 61 heavy (non-hydrogen) atoms. The van der Waals surface area contributed by atoms with Gasteiger partial charge in [-0.25, -0.2) is 9.97 Å². The molecule has 14 heteroatoms. The number of aromatic nitrogens is 2. The second kappa shape index (κ2) is 16.4. The molecule has 0 aliphatic carbocycles. The standard InChI is InChI=1S/C47H51N9O5/c1-30-22-31(26-48)24-33(23-30)47(2,3)32-4-7-38(8-5-32)61-29-34-12-15-49-46(50-34)54-16-13-35(14-17-54)55-27-37(28-55)53-20-18-52(19-21-53)36-6-9-39-40(25-36)45(60)56(44(39)59)41-10-11-42(57)51-43(41)58/h4-9,12,15,22-25,35,37,41H,10-11,13-14,16-21,27-29H2,1-3H3,(H,51,57,58). The number of rotatable bonds is 10. The van der Waals surface area contributed by atoms with Gasteiger partial charge in [0.2, 0.25) is 17.8 Å². The number of fused-ring (bicyclic) bond motifs is 1. The summed E-state index contributed by atoms with van der Waals surface area (Å²) >= 11 is 0. The van der Waals surface area contributed by atoms with Gasteiger partial charge in [-0.2, -0.15) is 5.26 Å². The Morgan fingerprint density at radius 3 is 2.25 bits per heavy atom. The molecule has 314 valence electrons. The number of hydrogen-bond acceptors (Lipinski definition) is 12. The van der Waals surface area contributed by atoms with Crippen molar-refractivity contribution in [1.82, 2.24) is 30.0 Å². The molecule has 1 unspecified atom stereocenters. The Morgan fingerprint density at radius 1 is 0.787 bits per heavy atom.